The maximum Gasteiger partial charge on any atom is 0.274 e. The molecule has 3 heterocycles. The Hall–Kier alpha value is -5.44. The van der Waals surface area contributed by atoms with Crippen molar-refractivity contribution in [3.05, 3.63) is 88.8 Å². The average Bonchev–Trinajstić information content (AvgIpc) is 3.33. The minimum atomic E-state index is -0.543. The van der Waals surface area contributed by atoms with Crippen LogP contribution in [0, 0.1) is 24.1 Å². The first-order valence-corrected chi connectivity index (χ1v) is 12.0. The number of carbonyl (C=O) groups is 1. The Morgan fingerprint density at radius 1 is 1.15 bits per heavy atom. The van der Waals surface area contributed by atoms with E-state index >= 15 is 0 Å². The van der Waals surface area contributed by atoms with Gasteiger partial charge in [0.2, 0.25) is 5.65 Å². The number of anilines is 2. The van der Waals surface area contributed by atoms with Gasteiger partial charge in [-0.15, -0.1) is 0 Å². The number of fused-ring (bicyclic) bond motifs is 1. The zero-order chi connectivity index (χ0) is 27.5. The van der Waals surface area contributed by atoms with Crippen LogP contribution in [0.25, 0.3) is 22.4 Å². The number of aromatic amines is 1. The minimum Gasteiger partial charge on any atom is -0.382 e. The van der Waals surface area contributed by atoms with Gasteiger partial charge in [-0.2, -0.15) is 10.4 Å². The van der Waals surface area contributed by atoms with E-state index in [4.69, 9.17) is 5.73 Å². The fourth-order valence-electron chi connectivity index (χ4n) is 3.89. The van der Waals surface area contributed by atoms with Gasteiger partial charge in [0.15, 0.2) is 22.7 Å². The summed E-state index contributed by atoms with van der Waals surface area (Å²) in [6, 6.07) is 13.8. The molecule has 0 saturated heterocycles. The summed E-state index contributed by atoms with van der Waals surface area (Å²) in [5.74, 6) is -0.335. The molecule has 0 saturated carbocycles. The van der Waals surface area contributed by atoms with Crippen LogP contribution in [-0.4, -0.2) is 36.0 Å². The number of halogens is 1. The number of aryl methyl sites for hydroxylation is 1. The zero-order valence-electron chi connectivity index (χ0n) is 21.0. The van der Waals surface area contributed by atoms with Crippen LogP contribution in [0.4, 0.5) is 16.0 Å². The predicted molar refractivity (Wildman–Crippen MR) is 143 cm³/mol. The maximum absolute atomic E-state index is 14.0. The van der Waals surface area contributed by atoms with E-state index in [0.717, 1.165) is 11.1 Å². The Bertz CT molecular complexity index is 1730. The topological polar surface area (TPSA) is 171 Å². The lowest BCUT2D eigenvalue weighted by Crippen LogP contribution is -2.29. The SMILES string of the molecule is Cc1ccc([C@H](C)NC(=O)c2nc(C#N)cnc2NCc2ccc(-c3cnc4n[nH]c(N)c4n3)cc2)cc1F. The molecule has 194 valence electrons. The van der Waals surface area contributed by atoms with Crippen molar-refractivity contribution in [3.8, 4) is 17.3 Å². The van der Waals surface area contributed by atoms with Crippen LogP contribution in [0.3, 0.4) is 0 Å². The Morgan fingerprint density at radius 3 is 2.69 bits per heavy atom. The predicted octanol–water partition coefficient (Wildman–Crippen LogP) is 3.81. The van der Waals surface area contributed by atoms with Crippen LogP contribution in [-0.2, 0) is 6.54 Å². The lowest BCUT2D eigenvalue weighted by Gasteiger charge is -2.16. The normalized spacial score (nSPS) is 11.6. The number of nitrogen functional groups attached to an aromatic ring is 1. The van der Waals surface area contributed by atoms with Gasteiger partial charge in [0, 0.05) is 12.1 Å². The third-order valence-corrected chi connectivity index (χ3v) is 6.15. The molecule has 2 aromatic carbocycles. The highest BCUT2D eigenvalue weighted by Crippen LogP contribution is 2.22. The number of hydrogen-bond donors (Lipinski definition) is 4. The summed E-state index contributed by atoms with van der Waals surface area (Å²) in [6.07, 6.45) is 2.91. The highest BCUT2D eigenvalue weighted by atomic mass is 19.1. The van der Waals surface area contributed by atoms with Crippen LogP contribution in [0.5, 0.6) is 0 Å². The van der Waals surface area contributed by atoms with E-state index in [9.17, 15) is 14.4 Å². The Kier molecular flexibility index (Phi) is 6.79. The summed E-state index contributed by atoms with van der Waals surface area (Å²) in [5, 5.41) is 21.8. The quantitative estimate of drug-likeness (QED) is 0.248. The van der Waals surface area contributed by atoms with E-state index in [1.54, 1.807) is 32.2 Å². The van der Waals surface area contributed by atoms with Gasteiger partial charge in [0.1, 0.15) is 17.7 Å². The number of hydrogen-bond acceptors (Lipinski definition) is 9. The van der Waals surface area contributed by atoms with E-state index in [2.05, 4.69) is 40.8 Å². The van der Waals surface area contributed by atoms with Crippen molar-refractivity contribution < 1.29 is 9.18 Å². The first kappa shape index (κ1) is 25.2. The molecule has 39 heavy (non-hydrogen) atoms. The molecular weight excluding hydrogens is 499 g/mol. The Morgan fingerprint density at radius 2 is 1.95 bits per heavy atom. The molecule has 0 bridgehead atoms. The standard InChI is InChI=1S/C27H23FN10O/c1-14-3-6-18(9-20(14)28)15(2)34-27(39)23-25(32-12-19(10-29)35-23)31-11-16-4-7-17(8-5-16)21-13-33-26-22(36-21)24(30)37-38-26/h3-9,12-13,15H,11H2,1-2H3,(H,31,32)(H,34,39)(H3,30,33,37,38)/t15-/m0/s1. The van der Waals surface area contributed by atoms with Crippen molar-refractivity contribution in [3.63, 3.8) is 0 Å². The summed E-state index contributed by atoms with van der Waals surface area (Å²) < 4.78 is 14.0. The molecule has 0 aliphatic rings. The van der Waals surface area contributed by atoms with Gasteiger partial charge < -0.3 is 16.4 Å². The average molecular weight is 523 g/mol. The van der Waals surface area contributed by atoms with Crippen LogP contribution in [0.2, 0.25) is 0 Å². The molecule has 5 N–H and O–H groups in total. The summed E-state index contributed by atoms with van der Waals surface area (Å²) in [4.78, 5) is 30.3. The van der Waals surface area contributed by atoms with Gasteiger partial charge in [-0.25, -0.2) is 24.3 Å². The molecule has 12 heteroatoms. The molecule has 1 atom stereocenters. The van der Waals surface area contributed by atoms with E-state index < -0.39 is 11.9 Å². The second-order valence-electron chi connectivity index (χ2n) is 8.88. The summed E-state index contributed by atoms with van der Waals surface area (Å²) in [7, 11) is 0. The minimum absolute atomic E-state index is 0.000392. The molecule has 3 aromatic heterocycles. The summed E-state index contributed by atoms with van der Waals surface area (Å²) in [6.45, 7) is 3.74. The van der Waals surface area contributed by atoms with Crippen molar-refractivity contribution in [1.29, 1.82) is 5.26 Å². The highest BCUT2D eigenvalue weighted by molar-refractivity contribution is 5.97. The van der Waals surface area contributed by atoms with Crippen molar-refractivity contribution >= 4 is 28.7 Å². The van der Waals surface area contributed by atoms with Crippen LogP contribution >= 0.6 is 0 Å². The molecule has 0 aliphatic heterocycles. The van der Waals surface area contributed by atoms with E-state index in [-0.39, 0.29) is 23.0 Å². The number of H-pyrrole nitrogens is 1. The van der Waals surface area contributed by atoms with Gasteiger partial charge in [-0.3, -0.25) is 9.89 Å². The molecule has 0 radical (unpaired) electrons. The largest absolute Gasteiger partial charge is 0.382 e. The van der Waals surface area contributed by atoms with Crippen molar-refractivity contribution in [2.24, 2.45) is 0 Å². The molecule has 1 amide bonds. The first-order valence-electron chi connectivity index (χ1n) is 12.0. The second kappa shape index (κ2) is 10.5. The van der Waals surface area contributed by atoms with Gasteiger partial charge >= 0.3 is 0 Å². The van der Waals surface area contributed by atoms with E-state index in [0.29, 0.717) is 40.3 Å². The van der Waals surface area contributed by atoms with Crippen LogP contribution in [0.1, 0.15) is 45.8 Å². The first-order chi connectivity index (χ1) is 18.8. The number of nitrogens with zero attached hydrogens (tertiary/aromatic N) is 6. The molecule has 0 aliphatic carbocycles. The smallest absolute Gasteiger partial charge is 0.274 e. The number of amides is 1. The number of nitrogens with two attached hydrogens (primary N) is 1. The zero-order valence-corrected chi connectivity index (χ0v) is 21.0. The lowest BCUT2D eigenvalue weighted by atomic mass is 10.1. The molecule has 0 spiro atoms. The van der Waals surface area contributed by atoms with Crippen molar-refractivity contribution in [2.75, 3.05) is 11.1 Å². The molecule has 5 rings (SSSR count). The van der Waals surface area contributed by atoms with Gasteiger partial charge in [0.05, 0.1) is 24.1 Å². The molecular formula is C27H23FN10O. The number of aromatic nitrogens is 6. The van der Waals surface area contributed by atoms with E-state index in [1.807, 2.05) is 30.3 Å². The summed E-state index contributed by atoms with van der Waals surface area (Å²) in [5.41, 5.74) is 10.3. The molecule has 0 unspecified atom stereocenters. The van der Waals surface area contributed by atoms with E-state index in [1.165, 1.54) is 12.3 Å². The van der Waals surface area contributed by atoms with Gasteiger partial charge in [0.25, 0.3) is 5.91 Å². The van der Waals surface area contributed by atoms with Gasteiger partial charge in [-0.05, 0) is 36.6 Å². The Labute approximate surface area is 222 Å². The monoisotopic (exact) mass is 522 g/mol. The lowest BCUT2D eigenvalue weighted by molar-refractivity contribution is 0.0935. The fraction of sp³-hybridized carbons (Fsp3) is 0.148. The number of nitrogens with one attached hydrogen (secondary N) is 3. The van der Waals surface area contributed by atoms with Crippen molar-refractivity contribution in [2.45, 2.75) is 26.4 Å². The third-order valence-electron chi connectivity index (χ3n) is 6.15. The molecule has 5 aromatic rings. The highest BCUT2D eigenvalue weighted by Gasteiger charge is 2.19. The number of carbonyl (C=O) groups excluding carboxylic acids is 1. The van der Waals surface area contributed by atoms with Gasteiger partial charge in [-0.1, -0.05) is 36.4 Å². The number of benzene rings is 2. The number of nitriles is 1. The fourth-order valence-corrected chi connectivity index (χ4v) is 3.89. The van der Waals surface area contributed by atoms with Crippen molar-refractivity contribution in [1.82, 2.24) is 35.5 Å². The molecule has 11 nitrogen and oxygen atoms in total. The second-order valence-corrected chi connectivity index (χ2v) is 8.88. The van der Waals surface area contributed by atoms with Crippen LogP contribution < -0.4 is 16.4 Å². The third kappa shape index (κ3) is 5.33. The molecule has 0 fully saturated rings. The number of rotatable bonds is 7. The van der Waals surface area contributed by atoms with Crippen LogP contribution in [0.15, 0.2) is 54.9 Å². The Balaban J connectivity index is 1.31. The maximum atomic E-state index is 14.0. The summed E-state index contributed by atoms with van der Waals surface area (Å²) >= 11 is 0.